The van der Waals surface area contributed by atoms with Crippen molar-refractivity contribution in [2.45, 2.75) is 57.7 Å². The third-order valence-electron chi connectivity index (χ3n) is 5.82. The van der Waals surface area contributed by atoms with Crippen molar-refractivity contribution in [3.05, 3.63) is 35.4 Å². The van der Waals surface area contributed by atoms with Gasteiger partial charge < -0.3 is 0 Å². The summed E-state index contributed by atoms with van der Waals surface area (Å²) in [6.45, 7) is 2.74. The zero-order valence-corrected chi connectivity index (χ0v) is 16.5. The number of benzene rings is 1. The van der Waals surface area contributed by atoms with Crippen LogP contribution in [0.4, 0.5) is 13.2 Å². The Balaban J connectivity index is 0.000000659. The summed E-state index contributed by atoms with van der Waals surface area (Å²) in [6, 6.07) is 8.00. The molecule has 2 bridgehead atoms. The van der Waals surface area contributed by atoms with Crippen LogP contribution in [-0.4, -0.2) is 37.5 Å². The highest BCUT2D eigenvalue weighted by Gasteiger charge is 2.60. The first kappa shape index (κ1) is 20.6. The Hall–Kier alpha value is -1.12. The molecule has 4 rings (SSSR count). The summed E-state index contributed by atoms with van der Waals surface area (Å²) in [5.41, 5.74) is 1.61. The van der Waals surface area contributed by atoms with Gasteiger partial charge in [-0.2, -0.15) is 30.6 Å². The third-order valence-corrected chi connectivity index (χ3v) is 7.40. The molecule has 1 aromatic carbocycles. The summed E-state index contributed by atoms with van der Waals surface area (Å²) >= 11 is 0. The summed E-state index contributed by atoms with van der Waals surface area (Å²) in [5, 5.41) is 0. The number of fused-ring (bicyclic) bond motifs is 1. The summed E-state index contributed by atoms with van der Waals surface area (Å²) in [7, 11) is -4.09. The van der Waals surface area contributed by atoms with Crippen LogP contribution >= 0.6 is 0 Å². The van der Waals surface area contributed by atoms with Crippen molar-refractivity contribution in [1.82, 2.24) is 9.03 Å². The second-order valence-electron chi connectivity index (χ2n) is 7.89. The molecule has 0 aromatic heterocycles. The second-order valence-corrected chi connectivity index (χ2v) is 9.56. The minimum atomic E-state index is -4.53. The Labute approximate surface area is 159 Å². The van der Waals surface area contributed by atoms with E-state index in [0.717, 1.165) is 25.7 Å². The van der Waals surface area contributed by atoms with E-state index in [-0.39, 0.29) is 18.4 Å². The first-order valence-corrected chi connectivity index (χ1v) is 11.0. The van der Waals surface area contributed by atoms with E-state index in [0.29, 0.717) is 4.31 Å². The molecule has 27 heavy (non-hydrogen) atoms. The third kappa shape index (κ3) is 4.03. The molecule has 1 heterocycles. The monoisotopic (exact) mass is 404 g/mol. The number of rotatable bonds is 1. The van der Waals surface area contributed by atoms with Gasteiger partial charge >= 0.3 is 6.18 Å². The second kappa shape index (κ2) is 7.37. The minimum absolute atomic E-state index is 0.0409. The Bertz CT molecular complexity index is 746. The molecule has 0 radical (unpaired) electrons. The fraction of sp³-hybridized carbons (Fsp3) is 0.684. The normalized spacial score (nSPS) is 31.9. The molecule has 4 nitrogen and oxygen atoms in total. The molecule has 1 saturated carbocycles. The SMILES string of the molecule is CCC.O=S1(=O)NC2(CN1CC(F)(F)F)[C@@H]1CC[C@H]2Cc2ccccc2C1. The Morgan fingerprint density at radius 2 is 1.59 bits per heavy atom. The highest BCUT2D eigenvalue weighted by atomic mass is 32.2. The van der Waals surface area contributed by atoms with Gasteiger partial charge in [0.2, 0.25) is 0 Å². The molecule has 0 amide bonds. The van der Waals surface area contributed by atoms with Crippen molar-refractivity contribution < 1.29 is 21.6 Å². The van der Waals surface area contributed by atoms with Gasteiger partial charge in [-0.15, -0.1) is 0 Å². The Morgan fingerprint density at radius 3 is 2.04 bits per heavy atom. The van der Waals surface area contributed by atoms with E-state index >= 15 is 0 Å². The van der Waals surface area contributed by atoms with E-state index in [4.69, 9.17) is 0 Å². The van der Waals surface area contributed by atoms with Crippen molar-refractivity contribution in [1.29, 1.82) is 0 Å². The van der Waals surface area contributed by atoms with Crippen LogP contribution in [0.3, 0.4) is 0 Å². The fourth-order valence-electron chi connectivity index (χ4n) is 4.79. The first-order chi connectivity index (χ1) is 12.6. The molecular formula is C19H27F3N2O2S. The average Bonchev–Trinajstić information content (AvgIpc) is 2.92. The van der Waals surface area contributed by atoms with Gasteiger partial charge in [0.05, 0.1) is 5.54 Å². The predicted molar refractivity (Wildman–Crippen MR) is 98.4 cm³/mol. The molecule has 2 aliphatic carbocycles. The highest BCUT2D eigenvalue weighted by molar-refractivity contribution is 7.87. The summed E-state index contributed by atoms with van der Waals surface area (Å²) in [4.78, 5) is 0. The lowest BCUT2D eigenvalue weighted by atomic mass is 9.79. The smallest absolute Gasteiger partial charge is 0.195 e. The van der Waals surface area contributed by atoms with Gasteiger partial charge in [0.15, 0.2) is 0 Å². The largest absolute Gasteiger partial charge is 0.402 e. The number of nitrogens with one attached hydrogen (secondary N) is 1. The van der Waals surface area contributed by atoms with Crippen LogP contribution in [0.15, 0.2) is 24.3 Å². The first-order valence-electron chi connectivity index (χ1n) is 9.54. The standard InChI is InChI=1S/C16H19F3N2O2S.C3H8/c17-16(18,19)10-21-9-15(20-24(21,22)23)13-5-6-14(15)8-12-4-2-1-3-11(12)7-13;1-3-2/h1-4,13-14,20H,5-10H2;3H2,1-2H3/t13-,14+,15?;. The molecule has 1 N–H and O–H groups in total. The van der Waals surface area contributed by atoms with Crippen LogP contribution in [0.5, 0.6) is 0 Å². The molecule has 1 aromatic rings. The van der Waals surface area contributed by atoms with Crippen molar-refractivity contribution in [2.75, 3.05) is 13.1 Å². The van der Waals surface area contributed by atoms with E-state index in [1.807, 2.05) is 24.3 Å². The molecule has 1 saturated heterocycles. The van der Waals surface area contributed by atoms with E-state index in [2.05, 4.69) is 18.6 Å². The lowest BCUT2D eigenvalue weighted by Gasteiger charge is -2.33. The van der Waals surface area contributed by atoms with Crippen LogP contribution in [0.1, 0.15) is 44.2 Å². The van der Waals surface area contributed by atoms with Gasteiger partial charge in [-0.1, -0.05) is 44.5 Å². The highest BCUT2D eigenvalue weighted by Crippen LogP contribution is 2.50. The summed E-state index contributed by atoms with van der Waals surface area (Å²) in [6.07, 6.45) is -0.153. The minimum Gasteiger partial charge on any atom is -0.195 e. The molecule has 152 valence electrons. The van der Waals surface area contributed by atoms with Crippen LogP contribution in [0, 0.1) is 11.8 Å². The molecule has 2 fully saturated rings. The molecule has 1 unspecified atom stereocenters. The van der Waals surface area contributed by atoms with Gasteiger partial charge in [-0.25, -0.2) is 0 Å². The topological polar surface area (TPSA) is 49.4 Å². The van der Waals surface area contributed by atoms with E-state index in [1.54, 1.807) is 0 Å². The maximum absolute atomic E-state index is 12.8. The van der Waals surface area contributed by atoms with E-state index in [9.17, 15) is 21.6 Å². The van der Waals surface area contributed by atoms with Crippen molar-refractivity contribution in [3.63, 3.8) is 0 Å². The van der Waals surface area contributed by atoms with Gasteiger partial charge in [0.25, 0.3) is 10.2 Å². The Kier molecular flexibility index (Phi) is 5.62. The zero-order chi connectivity index (χ0) is 19.9. The maximum atomic E-state index is 12.8. The molecule has 3 aliphatic rings. The molecule has 1 aliphatic heterocycles. The van der Waals surface area contributed by atoms with Gasteiger partial charge in [0, 0.05) is 6.54 Å². The van der Waals surface area contributed by atoms with Crippen LogP contribution in [0.25, 0.3) is 0 Å². The van der Waals surface area contributed by atoms with E-state index < -0.39 is 28.5 Å². The molecule has 1 spiro atoms. The summed E-state index contributed by atoms with van der Waals surface area (Å²) < 4.78 is 66.2. The maximum Gasteiger partial charge on any atom is 0.402 e. The predicted octanol–water partition coefficient (Wildman–Crippen LogP) is 3.68. The Morgan fingerprint density at radius 1 is 1.11 bits per heavy atom. The van der Waals surface area contributed by atoms with Crippen molar-refractivity contribution in [3.8, 4) is 0 Å². The number of nitrogens with zero attached hydrogens (tertiary/aromatic N) is 1. The van der Waals surface area contributed by atoms with Gasteiger partial charge in [0.1, 0.15) is 6.54 Å². The lowest BCUT2D eigenvalue weighted by molar-refractivity contribution is -0.136. The fourth-order valence-corrected chi connectivity index (χ4v) is 6.49. The van der Waals surface area contributed by atoms with Crippen LogP contribution in [-0.2, 0) is 23.1 Å². The quantitative estimate of drug-likeness (QED) is 0.776. The number of hydrogen-bond donors (Lipinski definition) is 1. The van der Waals surface area contributed by atoms with Gasteiger partial charge in [-0.3, -0.25) is 0 Å². The number of alkyl halides is 3. The average molecular weight is 404 g/mol. The lowest BCUT2D eigenvalue weighted by Crippen LogP contribution is -2.52. The van der Waals surface area contributed by atoms with Crippen LogP contribution < -0.4 is 4.72 Å². The van der Waals surface area contributed by atoms with Crippen LogP contribution in [0.2, 0.25) is 0 Å². The molecule has 3 atom stereocenters. The van der Waals surface area contributed by atoms with Crippen molar-refractivity contribution >= 4 is 10.2 Å². The van der Waals surface area contributed by atoms with Crippen molar-refractivity contribution in [2.24, 2.45) is 11.8 Å². The number of halogens is 3. The van der Waals surface area contributed by atoms with Gasteiger partial charge in [-0.05, 0) is 48.6 Å². The van der Waals surface area contributed by atoms with E-state index in [1.165, 1.54) is 17.5 Å². The molecule has 8 heteroatoms. The zero-order valence-electron chi connectivity index (χ0n) is 15.7. The number of hydrogen-bond acceptors (Lipinski definition) is 2. The summed E-state index contributed by atoms with van der Waals surface area (Å²) in [5.74, 6) is 0.0818. The molecular weight excluding hydrogens is 377 g/mol.